The van der Waals surface area contributed by atoms with Crippen LogP contribution >= 0.6 is 11.6 Å². The number of nitrogens with one attached hydrogen (secondary N) is 1. The molecule has 5 heteroatoms. The maximum absolute atomic E-state index is 11.7. The van der Waals surface area contributed by atoms with E-state index in [1.807, 2.05) is 26.0 Å². The number of aryl methyl sites for hydroxylation is 1. The number of aromatic amines is 1. The van der Waals surface area contributed by atoms with Crippen molar-refractivity contribution in [1.29, 1.82) is 0 Å². The normalized spacial score (nSPS) is 17.2. The molecular formula is C17H22ClNO3. The molecule has 3 rings (SSSR count). The molecule has 1 fully saturated rings. The lowest BCUT2D eigenvalue weighted by atomic mass is 10.1. The van der Waals surface area contributed by atoms with Gasteiger partial charge in [-0.25, -0.2) is 0 Å². The van der Waals surface area contributed by atoms with Crippen molar-refractivity contribution in [3.05, 3.63) is 39.1 Å². The number of hydrogen-bond donors (Lipinski definition) is 1. The van der Waals surface area contributed by atoms with Crippen molar-refractivity contribution in [3.63, 3.8) is 0 Å². The summed E-state index contributed by atoms with van der Waals surface area (Å²) < 4.78 is 11.1. The molecule has 2 heterocycles. The molecule has 0 saturated carbocycles. The van der Waals surface area contributed by atoms with Crippen LogP contribution in [0.25, 0.3) is 10.9 Å². The van der Waals surface area contributed by atoms with Gasteiger partial charge in [-0.2, -0.15) is 0 Å². The van der Waals surface area contributed by atoms with E-state index in [2.05, 4.69) is 4.98 Å². The Morgan fingerprint density at radius 3 is 2.82 bits per heavy atom. The molecular weight excluding hydrogens is 302 g/mol. The van der Waals surface area contributed by atoms with Crippen molar-refractivity contribution >= 4 is 22.5 Å². The fourth-order valence-corrected chi connectivity index (χ4v) is 2.58. The first-order chi connectivity index (χ1) is 10.6. The third-order valence-electron chi connectivity index (χ3n) is 3.58. The van der Waals surface area contributed by atoms with E-state index in [9.17, 15) is 4.79 Å². The molecule has 0 spiro atoms. The van der Waals surface area contributed by atoms with Crippen LogP contribution in [-0.2, 0) is 4.74 Å². The molecule has 2 aromatic rings. The van der Waals surface area contributed by atoms with Gasteiger partial charge in [-0.15, -0.1) is 0 Å². The second-order valence-electron chi connectivity index (χ2n) is 5.19. The highest BCUT2D eigenvalue weighted by atomic mass is 35.5. The van der Waals surface area contributed by atoms with Crippen LogP contribution in [0, 0.1) is 12.8 Å². The number of halogens is 1. The summed E-state index contributed by atoms with van der Waals surface area (Å²) in [7, 11) is 0. The molecule has 1 unspecified atom stereocenters. The molecule has 22 heavy (non-hydrogen) atoms. The van der Waals surface area contributed by atoms with Crippen molar-refractivity contribution in [3.8, 4) is 5.75 Å². The van der Waals surface area contributed by atoms with Gasteiger partial charge in [0.2, 0.25) is 0 Å². The van der Waals surface area contributed by atoms with Gasteiger partial charge < -0.3 is 14.5 Å². The number of hydrogen-bond acceptors (Lipinski definition) is 3. The standard InChI is InChI=1S/C15H16ClNO3.C2H6/c1-9-4-11-5-12(16)14(6-13(11)17-15(9)18)20-8-10-2-3-19-7-10;1-2/h4-6,10H,2-3,7-8H2,1H3,(H,17,18);1-2H3. The molecule has 0 aliphatic carbocycles. The van der Waals surface area contributed by atoms with Crippen LogP contribution in [0.5, 0.6) is 5.75 Å². The van der Waals surface area contributed by atoms with E-state index >= 15 is 0 Å². The average molecular weight is 324 g/mol. The predicted molar refractivity (Wildman–Crippen MR) is 90.1 cm³/mol. The lowest BCUT2D eigenvalue weighted by Gasteiger charge is -2.12. The van der Waals surface area contributed by atoms with Crippen LogP contribution in [-0.4, -0.2) is 24.8 Å². The number of rotatable bonds is 3. The number of fused-ring (bicyclic) bond motifs is 1. The van der Waals surface area contributed by atoms with Crippen molar-refractivity contribution < 1.29 is 9.47 Å². The van der Waals surface area contributed by atoms with Crippen molar-refractivity contribution in [2.75, 3.05) is 19.8 Å². The van der Waals surface area contributed by atoms with E-state index in [4.69, 9.17) is 21.1 Å². The largest absolute Gasteiger partial charge is 0.492 e. The van der Waals surface area contributed by atoms with Gasteiger partial charge in [0.05, 0.1) is 23.8 Å². The summed E-state index contributed by atoms with van der Waals surface area (Å²) in [5, 5.41) is 1.46. The SMILES string of the molecule is CC.Cc1cc2cc(Cl)c(OCC3CCOC3)cc2[nH]c1=O. The number of H-pyrrole nitrogens is 1. The molecule has 0 radical (unpaired) electrons. The van der Waals surface area contributed by atoms with Gasteiger partial charge in [0.25, 0.3) is 5.56 Å². The zero-order valence-corrected chi connectivity index (χ0v) is 14.0. The summed E-state index contributed by atoms with van der Waals surface area (Å²) in [6.45, 7) is 7.89. The zero-order valence-electron chi connectivity index (χ0n) is 13.2. The highest BCUT2D eigenvalue weighted by Crippen LogP contribution is 2.30. The van der Waals surface area contributed by atoms with Crippen molar-refractivity contribution in [2.24, 2.45) is 5.92 Å². The number of aromatic nitrogens is 1. The number of ether oxygens (including phenoxy) is 2. The maximum atomic E-state index is 11.7. The van der Waals surface area contributed by atoms with Crippen LogP contribution in [0.2, 0.25) is 5.02 Å². The van der Waals surface area contributed by atoms with Gasteiger partial charge in [-0.1, -0.05) is 25.4 Å². The lowest BCUT2D eigenvalue weighted by molar-refractivity contribution is 0.167. The summed E-state index contributed by atoms with van der Waals surface area (Å²) in [5.41, 5.74) is 1.32. The molecule has 1 aromatic carbocycles. The first kappa shape index (κ1) is 16.8. The van der Waals surface area contributed by atoms with Crippen molar-refractivity contribution in [1.82, 2.24) is 4.98 Å². The van der Waals surface area contributed by atoms with Crippen LogP contribution in [0.4, 0.5) is 0 Å². The lowest BCUT2D eigenvalue weighted by Crippen LogP contribution is -2.12. The van der Waals surface area contributed by atoms with Crippen LogP contribution in [0.15, 0.2) is 23.0 Å². The summed E-state index contributed by atoms with van der Waals surface area (Å²) in [5.74, 6) is 1.02. The van der Waals surface area contributed by atoms with Gasteiger partial charge in [-0.05, 0) is 25.5 Å². The average Bonchev–Trinajstić information content (AvgIpc) is 3.03. The Labute approximate surface area is 135 Å². The molecule has 0 amide bonds. The van der Waals surface area contributed by atoms with E-state index < -0.39 is 0 Å². The van der Waals surface area contributed by atoms with Gasteiger partial charge in [0, 0.05) is 29.5 Å². The molecule has 0 bridgehead atoms. The highest BCUT2D eigenvalue weighted by Gasteiger charge is 2.17. The Balaban J connectivity index is 0.000000847. The quantitative estimate of drug-likeness (QED) is 0.931. The highest BCUT2D eigenvalue weighted by molar-refractivity contribution is 6.32. The fraction of sp³-hybridized carbons (Fsp3) is 0.471. The Morgan fingerprint density at radius 2 is 2.14 bits per heavy atom. The van der Waals surface area contributed by atoms with Crippen LogP contribution < -0.4 is 10.3 Å². The molecule has 1 N–H and O–H groups in total. The molecule has 1 saturated heterocycles. The predicted octanol–water partition coefficient (Wildman–Crippen LogP) is 3.93. The minimum atomic E-state index is -0.0880. The van der Waals surface area contributed by atoms with Gasteiger partial charge >= 0.3 is 0 Å². The summed E-state index contributed by atoms with van der Waals surface area (Å²) in [6, 6.07) is 5.43. The van der Waals surface area contributed by atoms with E-state index in [1.54, 1.807) is 13.0 Å². The number of benzene rings is 1. The van der Waals surface area contributed by atoms with E-state index in [1.165, 1.54) is 0 Å². The number of pyridine rings is 1. The Hall–Kier alpha value is -1.52. The summed E-state index contributed by atoms with van der Waals surface area (Å²) >= 11 is 6.23. The van der Waals surface area contributed by atoms with E-state index in [0.717, 1.165) is 30.5 Å². The van der Waals surface area contributed by atoms with Gasteiger partial charge in [0.15, 0.2) is 0 Å². The molecule has 1 aliphatic heterocycles. The topological polar surface area (TPSA) is 51.3 Å². The Kier molecular flexibility index (Phi) is 5.86. The molecule has 1 aliphatic rings. The van der Waals surface area contributed by atoms with Gasteiger partial charge in [-0.3, -0.25) is 4.79 Å². The third-order valence-corrected chi connectivity index (χ3v) is 3.88. The Morgan fingerprint density at radius 1 is 1.36 bits per heavy atom. The minimum Gasteiger partial charge on any atom is -0.492 e. The van der Waals surface area contributed by atoms with Crippen molar-refractivity contribution in [2.45, 2.75) is 27.2 Å². The molecule has 4 nitrogen and oxygen atoms in total. The second kappa shape index (κ2) is 7.65. The molecule has 120 valence electrons. The third kappa shape index (κ3) is 3.81. The summed E-state index contributed by atoms with van der Waals surface area (Å²) in [4.78, 5) is 14.5. The fourth-order valence-electron chi connectivity index (χ4n) is 2.35. The molecule has 1 atom stereocenters. The summed E-state index contributed by atoms with van der Waals surface area (Å²) in [6.07, 6.45) is 1.02. The van der Waals surface area contributed by atoms with Crippen LogP contribution in [0.1, 0.15) is 25.8 Å². The van der Waals surface area contributed by atoms with E-state index in [-0.39, 0.29) is 5.56 Å². The van der Waals surface area contributed by atoms with Crippen LogP contribution in [0.3, 0.4) is 0 Å². The first-order valence-electron chi connectivity index (χ1n) is 7.67. The Bertz CT molecular complexity index is 690. The van der Waals surface area contributed by atoms with E-state index in [0.29, 0.717) is 28.9 Å². The molecule has 1 aromatic heterocycles. The zero-order chi connectivity index (χ0) is 16.1. The second-order valence-corrected chi connectivity index (χ2v) is 5.60. The first-order valence-corrected chi connectivity index (χ1v) is 8.05. The minimum absolute atomic E-state index is 0.0880. The van der Waals surface area contributed by atoms with Gasteiger partial charge in [0.1, 0.15) is 5.75 Å². The monoisotopic (exact) mass is 323 g/mol. The smallest absolute Gasteiger partial charge is 0.251 e. The maximum Gasteiger partial charge on any atom is 0.251 e.